The van der Waals surface area contributed by atoms with Gasteiger partial charge in [-0.2, -0.15) is 0 Å². The van der Waals surface area contributed by atoms with Crippen LogP contribution in [0.1, 0.15) is 25.6 Å². The quantitative estimate of drug-likeness (QED) is 0.836. The highest BCUT2D eigenvalue weighted by atomic mass is 32.1. The molecule has 1 aromatic heterocycles. The Morgan fingerprint density at radius 1 is 1.57 bits per heavy atom. The fourth-order valence-electron chi connectivity index (χ4n) is 0.928. The van der Waals surface area contributed by atoms with Gasteiger partial charge >= 0.3 is 0 Å². The summed E-state index contributed by atoms with van der Waals surface area (Å²) in [6, 6.07) is 0. The van der Waals surface area contributed by atoms with Crippen molar-refractivity contribution in [3.05, 3.63) is 11.1 Å². The smallest absolute Gasteiger partial charge is 0.182 e. The second-order valence-electron chi connectivity index (χ2n) is 4.23. The summed E-state index contributed by atoms with van der Waals surface area (Å²) in [5, 5.41) is 3.82. The fourth-order valence-corrected chi connectivity index (χ4v) is 1.69. The highest BCUT2D eigenvalue weighted by Crippen LogP contribution is 2.22. The van der Waals surface area contributed by atoms with Crippen LogP contribution in [0, 0.1) is 5.41 Å². The monoisotopic (exact) mass is 212 g/mol. The van der Waals surface area contributed by atoms with Crippen LogP contribution in [0.3, 0.4) is 0 Å². The van der Waals surface area contributed by atoms with E-state index in [1.54, 1.807) is 6.20 Å². The second-order valence-corrected chi connectivity index (χ2v) is 5.35. The van der Waals surface area contributed by atoms with Gasteiger partial charge in [0.1, 0.15) is 5.78 Å². The molecule has 0 aliphatic heterocycles. The minimum Gasteiger partial charge on any atom is -0.365 e. The molecule has 0 saturated heterocycles. The van der Waals surface area contributed by atoms with Crippen LogP contribution in [0.5, 0.6) is 0 Å². The molecule has 0 saturated carbocycles. The lowest BCUT2D eigenvalue weighted by atomic mass is 9.89. The van der Waals surface area contributed by atoms with E-state index < -0.39 is 0 Å². The van der Waals surface area contributed by atoms with Gasteiger partial charge in [0.2, 0.25) is 0 Å². The number of carbonyl (C=O) groups is 1. The van der Waals surface area contributed by atoms with E-state index in [1.807, 2.05) is 27.8 Å². The molecule has 0 amide bonds. The van der Waals surface area contributed by atoms with Gasteiger partial charge in [0.25, 0.3) is 0 Å². The SMILES string of the molecule is CNc1ncc(CC(=O)C(C)(C)C)s1. The Morgan fingerprint density at radius 2 is 2.21 bits per heavy atom. The van der Waals surface area contributed by atoms with Crippen LogP contribution in [0.25, 0.3) is 0 Å². The Bertz CT molecular complexity index is 325. The van der Waals surface area contributed by atoms with Gasteiger partial charge in [-0.3, -0.25) is 4.79 Å². The molecule has 1 N–H and O–H groups in total. The van der Waals surface area contributed by atoms with Crippen molar-refractivity contribution in [2.24, 2.45) is 5.41 Å². The van der Waals surface area contributed by atoms with E-state index in [4.69, 9.17) is 0 Å². The van der Waals surface area contributed by atoms with Crippen molar-refractivity contribution < 1.29 is 4.79 Å². The van der Waals surface area contributed by atoms with Gasteiger partial charge in [-0.1, -0.05) is 20.8 Å². The largest absolute Gasteiger partial charge is 0.365 e. The summed E-state index contributed by atoms with van der Waals surface area (Å²) in [7, 11) is 1.83. The zero-order valence-corrected chi connectivity index (χ0v) is 9.86. The van der Waals surface area contributed by atoms with E-state index >= 15 is 0 Å². The molecule has 0 bridgehead atoms. The molecule has 14 heavy (non-hydrogen) atoms. The van der Waals surface area contributed by atoms with Crippen LogP contribution in [0.15, 0.2) is 6.20 Å². The molecule has 0 aliphatic rings. The zero-order chi connectivity index (χ0) is 10.8. The third-order valence-corrected chi connectivity index (χ3v) is 2.95. The topological polar surface area (TPSA) is 42.0 Å². The lowest BCUT2D eigenvalue weighted by molar-refractivity contribution is -0.125. The van der Waals surface area contributed by atoms with E-state index in [1.165, 1.54) is 11.3 Å². The Kier molecular flexibility index (Phi) is 3.26. The van der Waals surface area contributed by atoms with Crippen LogP contribution >= 0.6 is 11.3 Å². The summed E-state index contributed by atoms with van der Waals surface area (Å²) in [6.07, 6.45) is 2.25. The first kappa shape index (κ1) is 11.2. The van der Waals surface area contributed by atoms with Crippen LogP contribution < -0.4 is 5.32 Å². The Morgan fingerprint density at radius 3 is 2.64 bits per heavy atom. The number of thiazole rings is 1. The van der Waals surface area contributed by atoms with Crippen LogP contribution in [0.2, 0.25) is 0 Å². The average molecular weight is 212 g/mol. The van der Waals surface area contributed by atoms with E-state index in [9.17, 15) is 4.79 Å². The van der Waals surface area contributed by atoms with Gasteiger partial charge in [0.15, 0.2) is 5.13 Å². The number of Topliss-reactive ketones (excluding diaryl/α,β-unsaturated/α-hetero) is 1. The van der Waals surface area contributed by atoms with Crippen molar-refractivity contribution in [2.75, 3.05) is 12.4 Å². The summed E-state index contributed by atoms with van der Waals surface area (Å²) < 4.78 is 0. The Hall–Kier alpha value is -0.900. The number of ketones is 1. The average Bonchev–Trinajstić information content (AvgIpc) is 2.50. The minimum atomic E-state index is -0.260. The van der Waals surface area contributed by atoms with Gasteiger partial charge in [-0.05, 0) is 0 Å². The van der Waals surface area contributed by atoms with E-state index in [0.717, 1.165) is 10.0 Å². The molecule has 0 atom stereocenters. The first-order chi connectivity index (χ1) is 6.43. The third kappa shape index (κ3) is 2.80. The zero-order valence-electron chi connectivity index (χ0n) is 9.05. The molecular formula is C10H16N2OS. The Balaban J connectivity index is 2.65. The van der Waals surface area contributed by atoms with Gasteiger partial charge in [0.05, 0.1) is 0 Å². The third-order valence-electron chi connectivity index (χ3n) is 1.94. The maximum absolute atomic E-state index is 11.7. The summed E-state index contributed by atoms with van der Waals surface area (Å²) in [4.78, 5) is 16.8. The molecule has 78 valence electrons. The van der Waals surface area contributed by atoms with Gasteiger partial charge in [-0.15, -0.1) is 11.3 Å². The predicted molar refractivity (Wildman–Crippen MR) is 59.8 cm³/mol. The second kappa shape index (κ2) is 4.09. The van der Waals surface area contributed by atoms with Gasteiger partial charge in [-0.25, -0.2) is 4.98 Å². The summed E-state index contributed by atoms with van der Waals surface area (Å²) in [6.45, 7) is 5.82. The molecule has 0 spiro atoms. The molecule has 0 radical (unpaired) electrons. The number of aromatic nitrogens is 1. The van der Waals surface area contributed by atoms with E-state index in [2.05, 4.69) is 10.3 Å². The summed E-state index contributed by atoms with van der Waals surface area (Å²) in [5.41, 5.74) is -0.260. The van der Waals surface area contributed by atoms with Crippen LogP contribution in [0.4, 0.5) is 5.13 Å². The molecule has 1 rings (SSSR count). The highest BCUT2D eigenvalue weighted by Gasteiger charge is 2.21. The van der Waals surface area contributed by atoms with Crippen molar-refractivity contribution in [3.8, 4) is 0 Å². The first-order valence-electron chi connectivity index (χ1n) is 4.59. The van der Waals surface area contributed by atoms with Crippen molar-refractivity contribution in [1.82, 2.24) is 4.98 Å². The molecular weight excluding hydrogens is 196 g/mol. The summed E-state index contributed by atoms with van der Waals surface area (Å²) >= 11 is 1.53. The van der Waals surface area contributed by atoms with Crippen molar-refractivity contribution in [3.63, 3.8) is 0 Å². The molecule has 3 nitrogen and oxygen atoms in total. The number of nitrogens with zero attached hydrogens (tertiary/aromatic N) is 1. The molecule has 1 aromatic rings. The van der Waals surface area contributed by atoms with Crippen molar-refractivity contribution in [2.45, 2.75) is 27.2 Å². The van der Waals surface area contributed by atoms with Crippen molar-refractivity contribution in [1.29, 1.82) is 0 Å². The van der Waals surface area contributed by atoms with Gasteiger partial charge in [0, 0.05) is 30.0 Å². The molecule has 0 unspecified atom stereocenters. The minimum absolute atomic E-state index is 0.254. The predicted octanol–water partition coefficient (Wildman–Crippen LogP) is 2.34. The summed E-state index contributed by atoms with van der Waals surface area (Å²) in [5.74, 6) is 0.254. The standard InChI is InChI=1S/C10H16N2OS/c1-10(2,3)8(13)5-7-6-12-9(11-4)14-7/h6H,5H2,1-4H3,(H,11,12). The molecule has 0 fully saturated rings. The first-order valence-corrected chi connectivity index (χ1v) is 5.41. The maximum atomic E-state index is 11.7. The lowest BCUT2D eigenvalue weighted by Crippen LogP contribution is -2.21. The van der Waals surface area contributed by atoms with E-state index in [-0.39, 0.29) is 11.2 Å². The highest BCUT2D eigenvalue weighted by molar-refractivity contribution is 7.15. The number of carbonyl (C=O) groups excluding carboxylic acids is 1. The maximum Gasteiger partial charge on any atom is 0.182 e. The number of nitrogens with one attached hydrogen (secondary N) is 1. The van der Waals surface area contributed by atoms with E-state index in [0.29, 0.717) is 6.42 Å². The number of hydrogen-bond acceptors (Lipinski definition) is 4. The fraction of sp³-hybridized carbons (Fsp3) is 0.600. The molecule has 0 aromatic carbocycles. The molecule has 1 heterocycles. The van der Waals surface area contributed by atoms with Crippen LogP contribution in [-0.2, 0) is 11.2 Å². The molecule has 0 aliphatic carbocycles. The van der Waals surface area contributed by atoms with Crippen molar-refractivity contribution >= 4 is 22.3 Å². The lowest BCUT2D eigenvalue weighted by Gasteiger charge is -2.15. The number of hydrogen-bond donors (Lipinski definition) is 1. The normalized spacial score (nSPS) is 11.4. The van der Waals surface area contributed by atoms with Crippen LogP contribution in [-0.4, -0.2) is 17.8 Å². The van der Waals surface area contributed by atoms with Gasteiger partial charge < -0.3 is 5.32 Å². The Labute approximate surface area is 88.6 Å². The molecule has 4 heteroatoms. The number of anilines is 1. The number of rotatable bonds is 3.